The van der Waals surface area contributed by atoms with Crippen LogP contribution in [-0.2, 0) is 108 Å². The minimum absolute atomic E-state index is 0.00769. The number of ether oxygens (including phenoxy) is 12. The normalized spacial score (nSPS) is 21.2. The molecule has 0 saturated carbocycles. The van der Waals surface area contributed by atoms with Gasteiger partial charge in [0, 0.05) is 13.5 Å². The van der Waals surface area contributed by atoms with Crippen molar-refractivity contribution < 1.29 is 66.7 Å². The molecule has 11 atom stereocenters. The number of rotatable bonds is 30. The van der Waals surface area contributed by atoms with Crippen LogP contribution in [0.1, 0.15) is 80.0 Å². The second-order valence-electron chi connectivity index (χ2n) is 23.7. The Balaban J connectivity index is 1.21. The topological polar surface area (TPSA) is 148 Å². The summed E-state index contributed by atoms with van der Waals surface area (Å²) in [6.45, 7) is 9.74. The summed E-state index contributed by atoms with van der Waals surface area (Å²) < 4.78 is 81.7. The largest absolute Gasteiger partial charge is 0.457 e. The number of carbonyl (C=O) groups is 1. The van der Waals surface area contributed by atoms with Gasteiger partial charge in [-0.15, -0.1) is 0 Å². The number of esters is 1. The van der Waals surface area contributed by atoms with Gasteiger partial charge in [-0.2, -0.15) is 0 Å². The SMILES string of the molecule is CO[C@H]1O[C@H](C#C[C@@](O)(C[C@H]2COC(C)(C)O2)[C@H](OCc2ccccc2)[C@@H](OCc2ccccc2)[C@H](OCc2ccccc2)[C@@H](COCc2ccccc2)OC(=O)C(C)(C)C)[C@@H](OCc2ccccc2)[C@H](OCc2ccccc2)[C@H]1OCc1ccccc1. The molecule has 2 aliphatic heterocycles. The van der Waals surface area contributed by atoms with Crippen molar-refractivity contribution in [2.45, 2.75) is 160 Å². The molecule has 2 fully saturated rings. The van der Waals surface area contributed by atoms with Crippen LogP contribution in [0.5, 0.6) is 0 Å². The van der Waals surface area contributed by atoms with Crippen LogP contribution in [0.15, 0.2) is 212 Å². The van der Waals surface area contributed by atoms with Gasteiger partial charge in [0.1, 0.15) is 42.7 Å². The first-order chi connectivity index (χ1) is 42.7. The Morgan fingerprint density at radius 2 is 0.943 bits per heavy atom. The van der Waals surface area contributed by atoms with Crippen LogP contribution in [0.3, 0.4) is 0 Å². The zero-order valence-corrected chi connectivity index (χ0v) is 51.3. The van der Waals surface area contributed by atoms with Gasteiger partial charge in [-0.3, -0.25) is 4.79 Å². The first-order valence-electron chi connectivity index (χ1n) is 30.2. The van der Waals surface area contributed by atoms with Crippen molar-refractivity contribution in [3.05, 3.63) is 251 Å². The molecule has 14 nitrogen and oxygen atoms in total. The van der Waals surface area contributed by atoms with Gasteiger partial charge in [-0.1, -0.05) is 224 Å². The molecule has 14 heteroatoms. The minimum atomic E-state index is -2.25. The molecule has 0 aromatic heterocycles. The third kappa shape index (κ3) is 19.5. The van der Waals surface area contributed by atoms with Crippen LogP contribution < -0.4 is 0 Å². The first kappa shape index (κ1) is 65.5. The zero-order chi connectivity index (χ0) is 61.6. The fraction of sp³-hybridized carbons (Fsp3) is 0.392. The van der Waals surface area contributed by atoms with Crippen LogP contribution in [0.2, 0.25) is 0 Å². The van der Waals surface area contributed by atoms with E-state index < -0.39 is 84.0 Å². The van der Waals surface area contributed by atoms with Crippen molar-refractivity contribution in [1.29, 1.82) is 0 Å². The molecule has 2 heterocycles. The highest BCUT2D eigenvalue weighted by molar-refractivity contribution is 5.75. The molecule has 9 rings (SSSR count). The summed E-state index contributed by atoms with van der Waals surface area (Å²) in [5.41, 5.74) is 2.89. The van der Waals surface area contributed by atoms with E-state index in [-0.39, 0.29) is 65.9 Å². The van der Waals surface area contributed by atoms with Crippen molar-refractivity contribution in [1.82, 2.24) is 0 Å². The molecule has 0 radical (unpaired) electrons. The van der Waals surface area contributed by atoms with Gasteiger partial charge in [0.05, 0.1) is 71.0 Å². The maximum absolute atomic E-state index is 14.5. The fourth-order valence-corrected chi connectivity index (χ4v) is 10.6. The van der Waals surface area contributed by atoms with E-state index in [2.05, 4.69) is 11.8 Å². The summed E-state index contributed by atoms with van der Waals surface area (Å²) in [6.07, 6.45) is -10.9. The third-order valence-corrected chi connectivity index (χ3v) is 15.2. The number of carbonyl (C=O) groups excluding carboxylic acids is 1. The molecule has 88 heavy (non-hydrogen) atoms. The predicted molar refractivity (Wildman–Crippen MR) is 333 cm³/mol. The van der Waals surface area contributed by atoms with Crippen molar-refractivity contribution in [2.75, 3.05) is 20.3 Å². The molecular formula is C74H84O14. The molecule has 0 spiro atoms. The molecule has 0 amide bonds. The van der Waals surface area contributed by atoms with E-state index in [4.69, 9.17) is 56.8 Å². The molecular weight excluding hydrogens is 1110 g/mol. The molecule has 464 valence electrons. The van der Waals surface area contributed by atoms with Gasteiger partial charge in [0.25, 0.3) is 0 Å². The number of methoxy groups -OCH3 is 1. The van der Waals surface area contributed by atoms with E-state index in [0.717, 1.165) is 38.9 Å². The van der Waals surface area contributed by atoms with Gasteiger partial charge in [0.15, 0.2) is 23.8 Å². The Morgan fingerprint density at radius 3 is 1.36 bits per heavy atom. The maximum atomic E-state index is 14.5. The fourth-order valence-electron chi connectivity index (χ4n) is 10.6. The first-order valence-corrected chi connectivity index (χ1v) is 30.2. The number of hydrogen-bond donors (Lipinski definition) is 1. The average Bonchev–Trinajstić information content (AvgIpc) is 3.30. The summed E-state index contributed by atoms with van der Waals surface area (Å²) in [5, 5.41) is 14.4. The molecule has 7 aromatic carbocycles. The summed E-state index contributed by atoms with van der Waals surface area (Å²) in [4.78, 5) is 14.5. The lowest BCUT2D eigenvalue weighted by atomic mass is 9.83. The van der Waals surface area contributed by atoms with Gasteiger partial charge >= 0.3 is 5.97 Å². The average molecular weight is 1200 g/mol. The molecule has 0 bridgehead atoms. The molecule has 2 aliphatic rings. The van der Waals surface area contributed by atoms with E-state index in [9.17, 15) is 9.90 Å². The van der Waals surface area contributed by atoms with Crippen LogP contribution in [-0.4, -0.2) is 104 Å². The lowest BCUT2D eigenvalue weighted by Gasteiger charge is -2.45. The standard InChI is InChI=1S/C74H84O14/c1-72(2,3)71(75)87-63(53-78-45-54-28-14-7-15-29-54)65(80-47-56-32-18-9-19-33-56)67(82-49-58-36-22-11-23-37-58)69(84-51-60-40-26-13-27-41-60)74(76,44-61-52-85-73(4,5)88-61)43-42-62-64(79-46-55-30-16-8-17-31-55)66(81-48-57-34-20-10-21-35-57)68(70(77-6)86-62)83-50-59-38-24-12-25-39-59/h7-41,61-70,76H,44-53H2,1-6H3/t61-,62+,63+,64+,65+,66-,67-,68+,69+,70-,74+/m0/s1. The lowest BCUT2D eigenvalue weighted by Crippen LogP contribution is -2.61. The van der Waals surface area contributed by atoms with Crippen molar-refractivity contribution in [3.63, 3.8) is 0 Å². The Labute approximate surface area is 519 Å². The van der Waals surface area contributed by atoms with Crippen LogP contribution in [0.25, 0.3) is 0 Å². The predicted octanol–water partition coefficient (Wildman–Crippen LogP) is 12.3. The van der Waals surface area contributed by atoms with Crippen molar-refractivity contribution in [2.24, 2.45) is 5.41 Å². The highest BCUT2D eigenvalue weighted by atomic mass is 16.7. The van der Waals surface area contributed by atoms with E-state index in [1.807, 2.05) is 226 Å². The molecule has 2 saturated heterocycles. The lowest BCUT2D eigenvalue weighted by molar-refractivity contribution is -0.307. The van der Waals surface area contributed by atoms with Crippen LogP contribution >= 0.6 is 0 Å². The Hall–Kier alpha value is -6.91. The summed E-state index contributed by atoms with van der Waals surface area (Å²) >= 11 is 0. The minimum Gasteiger partial charge on any atom is -0.457 e. The Morgan fingerprint density at radius 1 is 0.545 bits per heavy atom. The van der Waals surface area contributed by atoms with Crippen molar-refractivity contribution in [3.8, 4) is 11.8 Å². The van der Waals surface area contributed by atoms with Crippen LogP contribution in [0, 0.1) is 17.3 Å². The van der Waals surface area contributed by atoms with E-state index in [1.165, 1.54) is 0 Å². The quantitative estimate of drug-likeness (QED) is 0.0336. The molecule has 1 N–H and O–H groups in total. The summed E-state index contributed by atoms with van der Waals surface area (Å²) in [6, 6.07) is 68.3. The third-order valence-electron chi connectivity index (χ3n) is 15.2. The van der Waals surface area contributed by atoms with Gasteiger partial charge in [0.2, 0.25) is 0 Å². The summed E-state index contributed by atoms with van der Waals surface area (Å²) in [5.74, 6) is 5.28. The molecule has 0 unspecified atom stereocenters. The van der Waals surface area contributed by atoms with Gasteiger partial charge in [-0.05, 0) is 73.6 Å². The monoisotopic (exact) mass is 1200 g/mol. The molecule has 0 aliphatic carbocycles. The van der Waals surface area contributed by atoms with Gasteiger partial charge in [-0.25, -0.2) is 0 Å². The molecule has 7 aromatic rings. The number of hydrogen-bond acceptors (Lipinski definition) is 14. The Kier molecular flexibility index (Phi) is 24.2. The zero-order valence-electron chi connectivity index (χ0n) is 51.3. The second-order valence-corrected chi connectivity index (χ2v) is 23.7. The highest BCUT2D eigenvalue weighted by Gasteiger charge is 2.53. The van der Waals surface area contributed by atoms with Crippen LogP contribution in [0.4, 0.5) is 0 Å². The smallest absolute Gasteiger partial charge is 0.311 e. The Bertz CT molecular complexity index is 3180. The van der Waals surface area contributed by atoms with E-state index >= 15 is 0 Å². The van der Waals surface area contributed by atoms with E-state index in [0.29, 0.717) is 0 Å². The maximum Gasteiger partial charge on any atom is 0.311 e. The van der Waals surface area contributed by atoms with E-state index in [1.54, 1.807) is 27.9 Å². The highest BCUT2D eigenvalue weighted by Crippen LogP contribution is 2.37. The number of benzene rings is 7. The second kappa shape index (κ2) is 32.5. The van der Waals surface area contributed by atoms with Crippen molar-refractivity contribution >= 4 is 5.97 Å². The number of aliphatic hydroxyl groups is 1. The van der Waals surface area contributed by atoms with Gasteiger partial charge < -0.3 is 61.9 Å². The summed E-state index contributed by atoms with van der Waals surface area (Å²) in [7, 11) is 1.55.